The first kappa shape index (κ1) is 19.6. The molecule has 3 heterocycles. The summed E-state index contributed by atoms with van der Waals surface area (Å²) in [6.07, 6.45) is 0. The molecule has 6 rings (SSSR count). The summed E-state index contributed by atoms with van der Waals surface area (Å²) in [6, 6.07) is 28.5. The van der Waals surface area contributed by atoms with Crippen molar-refractivity contribution < 1.29 is 9.21 Å². The highest BCUT2D eigenvalue weighted by molar-refractivity contribution is 6.02. The summed E-state index contributed by atoms with van der Waals surface area (Å²) in [7, 11) is 0. The van der Waals surface area contributed by atoms with Crippen LogP contribution < -0.4 is 0 Å². The summed E-state index contributed by atoms with van der Waals surface area (Å²) in [5, 5.41) is 1.13. The SMILES string of the molecule is Cc1ccc(-c2[nH]c3ccccc3c2C2c3ccccc3C(=O)N2Cc2ccc(C)o2)cc1. The number of hydrogen-bond acceptors (Lipinski definition) is 2. The van der Waals surface area contributed by atoms with Gasteiger partial charge in [-0.1, -0.05) is 66.2 Å². The molecule has 1 aliphatic heterocycles. The maximum atomic E-state index is 13.6. The van der Waals surface area contributed by atoms with E-state index in [-0.39, 0.29) is 11.9 Å². The molecule has 4 nitrogen and oxygen atoms in total. The largest absolute Gasteiger partial charge is 0.464 e. The first-order chi connectivity index (χ1) is 16.1. The van der Waals surface area contributed by atoms with Crippen LogP contribution in [0.3, 0.4) is 0 Å². The Balaban J connectivity index is 1.60. The van der Waals surface area contributed by atoms with Crippen LogP contribution in [-0.4, -0.2) is 15.8 Å². The summed E-state index contributed by atoms with van der Waals surface area (Å²) < 4.78 is 5.87. The molecular formula is C29H24N2O2. The standard InChI is InChI=1S/C29H24N2O2/c1-18-11-14-20(15-12-18)27-26(24-9-5-6-10-25(24)30-27)28-22-7-3-4-8-23(22)29(32)31(28)17-21-16-13-19(2)33-21/h3-16,28,30H,17H2,1-2H3. The van der Waals surface area contributed by atoms with Gasteiger partial charge in [0.2, 0.25) is 0 Å². The Labute approximate surface area is 192 Å². The van der Waals surface area contributed by atoms with E-state index in [4.69, 9.17) is 4.42 Å². The van der Waals surface area contributed by atoms with Crippen LogP contribution in [0.15, 0.2) is 89.3 Å². The minimum Gasteiger partial charge on any atom is -0.464 e. The van der Waals surface area contributed by atoms with Gasteiger partial charge in [0.15, 0.2) is 0 Å². The number of benzene rings is 3. The van der Waals surface area contributed by atoms with Gasteiger partial charge in [-0.15, -0.1) is 0 Å². The minimum atomic E-state index is -0.216. The molecule has 1 aliphatic rings. The van der Waals surface area contributed by atoms with E-state index < -0.39 is 0 Å². The smallest absolute Gasteiger partial charge is 0.255 e. The highest BCUT2D eigenvalue weighted by atomic mass is 16.3. The van der Waals surface area contributed by atoms with Crippen LogP contribution in [0.4, 0.5) is 0 Å². The van der Waals surface area contributed by atoms with E-state index in [2.05, 4.69) is 60.4 Å². The van der Waals surface area contributed by atoms with E-state index in [1.165, 1.54) is 5.56 Å². The zero-order valence-corrected chi connectivity index (χ0v) is 18.6. The Kier molecular flexibility index (Phi) is 4.47. The first-order valence-corrected chi connectivity index (χ1v) is 11.2. The number of carbonyl (C=O) groups excluding carboxylic acids is 1. The van der Waals surface area contributed by atoms with Crippen molar-refractivity contribution in [3.05, 3.63) is 119 Å². The number of hydrogen-bond donors (Lipinski definition) is 1. The second kappa shape index (κ2) is 7.52. The molecule has 1 unspecified atom stereocenters. The predicted octanol–water partition coefficient (Wildman–Crippen LogP) is 6.79. The molecule has 0 saturated heterocycles. The maximum absolute atomic E-state index is 13.6. The molecule has 5 aromatic rings. The predicted molar refractivity (Wildman–Crippen MR) is 130 cm³/mol. The van der Waals surface area contributed by atoms with E-state index in [0.717, 1.165) is 50.4 Å². The van der Waals surface area contributed by atoms with E-state index in [0.29, 0.717) is 6.54 Å². The lowest BCUT2D eigenvalue weighted by Crippen LogP contribution is -2.28. The summed E-state index contributed by atoms with van der Waals surface area (Å²) in [5.74, 6) is 1.67. The lowest BCUT2D eigenvalue weighted by molar-refractivity contribution is 0.0723. The molecule has 2 aromatic heterocycles. The third-order valence-corrected chi connectivity index (χ3v) is 6.54. The maximum Gasteiger partial charge on any atom is 0.255 e. The molecule has 0 spiro atoms. The number of nitrogens with zero attached hydrogens (tertiary/aromatic N) is 1. The fourth-order valence-electron chi connectivity index (χ4n) is 4.98. The first-order valence-electron chi connectivity index (χ1n) is 11.2. The topological polar surface area (TPSA) is 49.2 Å². The number of aromatic nitrogens is 1. The number of amides is 1. The van der Waals surface area contributed by atoms with Crippen molar-refractivity contribution >= 4 is 16.8 Å². The van der Waals surface area contributed by atoms with Crippen molar-refractivity contribution in [2.24, 2.45) is 0 Å². The molecule has 0 fully saturated rings. The fraction of sp³-hybridized carbons (Fsp3) is 0.138. The number of H-pyrrole nitrogens is 1. The second-order valence-electron chi connectivity index (χ2n) is 8.76. The zero-order chi connectivity index (χ0) is 22.5. The van der Waals surface area contributed by atoms with Crippen LogP contribution in [0.2, 0.25) is 0 Å². The van der Waals surface area contributed by atoms with Gasteiger partial charge in [0, 0.05) is 22.0 Å². The molecule has 1 N–H and O–H groups in total. The zero-order valence-electron chi connectivity index (χ0n) is 18.6. The summed E-state index contributed by atoms with van der Waals surface area (Å²) in [4.78, 5) is 19.2. The molecule has 3 aromatic carbocycles. The number of fused-ring (bicyclic) bond motifs is 2. The molecule has 1 amide bonds. The van der Waals surface area contributed by atoms with Crippen molar-refractivity contribution in [3.63, 3.8) is 0 Å². The highest BCUT2D eigenvalue weighted by Crippen LogP contribution is 2.46. The molecule has 1 atom stereocenters. The van der Waals surface area contributed by atoms with Crippen LogP contribution in [0.5, 0.6) is 0 Å². The molecule has 162 valence electrons. The van der Waals surface area contributed by atoms with Gasteiger partial charge in [-0.25, -0.2) is 0 Å². The van der Waals surface area contributed by atoms with Crippen LogP contribution >= 0.6 is 0 Å². The van der Waals surface area contributed by atoms with Crippen molar-refractivity contribution in [1.82, 2.24) is 9.88 Å². The second-order valence-corrected chi connectivity index (χ2v) is 8.76. The molecule has 4 heteroatoms. The summed E-state index contributed by atoms with van der Waals surface area (Å²) in [6.45, 7) is 4.43. The van der Waals surface area contributed by atoms with Gasteiger partial charge in [-0.05, 0) is 49.2 Å². The quantitative estimate of drug-likeness (QED) is 0.340. The van der Waals surface area contributed by atoms with Crippen molar-refractivity contribution in [2.75, 3.05) is 0 Å². The molecule has 0 aliphatic carbocycles. The molecule has 33 heavy (non-hydrogen) atoms. The third kappa shape index (κ3) is 3.18. The van der Waals surface area contributed by atoms with Crippen LogP contribution in [0, 0.1) is 13.8 Å². The minimum absolute atomic E-state index is 0.0322. The number of aromatic amines is 1. The molecular weight excluding hydrogens is 408 g/mol. The van der Waals surface area contributed by atoms with Crippen LogP contribution in [0.1, 0.15) is 44.6 Å². The van der Waals surface area contributed by atoms with Gasteiger partial charge in [-0.3, -0.25) is 4.79 Å². The van der Waals surface area contributed by atoms with Gasteiger partial charge in [0.05, 0.1) is 18.3 Å². The number of carbonyl (C=O) groups is 1. The van der Waals surface area contributed by atoms with Crippen molar-refractivity contribution in [1.29, 1.82) is 0 Å². The average Bonchev–Trinajstić information content (AvgIpc) is 3.49. The van der Waals surface area contributed by atoms with E-state index in [9.17, 15) is 4.79 Å². The van der Waals surface area contributed by atoms with Crippen LogP contribution in [0.25, 0.3) is 22.2 Å². The average molecular weight is 433 g/mol. The van der Waals surface area contributed by atoms with Gasteiger partial charge in [0.1, 0.15) is 11.5 Å². The van der Waals surface area contributed by atoms with Crippen LogP contribution in [-0.2, 0) is 6.54 Å². The lowest BCUT2D eigenvalue weighted by Gasteiger charge is -2.26. The number of rotatable bonds is 4. The Morgan fingerprint density at radius 3 is 2.42 bits per heavy atom. The Bertz CT molecular complexity index is 1490. The number of aryl methyl sites for hydroxylation is 2. The van der Waals surface area contributed by atoms with E-state index >= 15 is 0 Å². The molecule has 0 radical (unpaired) electrons. The lowest BCUT2D eigenvalue weighted by atomic mass is 9.93. The van der Waals surface area contributed by atoms with Gasteiger partial charge in [-0.2, -0.15) is 0 Å². The fourth-order valence-corrected chi connectivity index (χ4v) is 4.98. The van der Waals surface area contributed by atoms with Crippen molar-refractivity contribution in [3.8, 4) is 11.3 Å². The Morgan fingerprint density at radius 1 is 0.879 bits per heavy atom. The molecule has 0 bridgehead atoms. The van der Waals surface area contributed by atoms with Gasteiger partial charge < -0.3 is 14.3 Å². The van der Waals surface area contributed by atoms with Gasteiger partial charge >= 0.3 is 0 Å². The third-order valence-electron chi connectivity index (χ3n) is 6.54. The van der Waals surface area contributed by atoms with Gasteiger partial charge in [0.25, 0.3) is 5.91 Å². The van der Waals surface area contributed by atoms with E-state index in [1.807, 2.05) is 48.2 Å². The number of para-hydroxylation sites is 1. The van der Waals surface area contributed by atoms with E-state index in [1.54, 1.807) is 0 Å². The van der Waals surface area contributed by atoms with Crippen molar-refractivity contribution in [2.45, 2.75) is 26.4 Å². The Morgan fingerprint density at radius 2 is 1.64 bits per heavy atom. The summed E-state index contributed by atoms with van der Waals surface area (Å²) in [5.41, 5.74) is 7.34. The normalized spacial score (nSPS) is 15.4. The Hall–Kier alpha value is -4.05. The highest BCUT2D eigenvalue weighted by Gasteiger charge is 2.40. The monoisotopic (exact) mass is 432 g/mol. The number of furan rings is 1. The summed E-state index contributed by atoms with van der Waals surface area (Å²) >= 11 is 0. The number of nitrogens with one attached hydrogen (secondary N) is 1. The molecule has 0 saturated carbocycles.